The van der Waals surface area contributed by atoms with E-state index in [-0.39, 0.29) is 6.03 Å². The summed E-state index contributed by atoms with van der Waals surface area (Å²) in [6.45, 7) is 5.64. The Labute approximate surface area is 151 Å². The lowest BCUT2D eigenvalue weighted by Crippen LogP contribution is -2.46. The molecule has 25 heavy (non-hydrogen) atoms. The molecule has 2 heterocycles. The molecule has 3 rings (SSSR count). The number of urea groups is 1. The number of ether oxygens (including phenoxy) is 1. The van der Waals surface area contributed by atoms with Gasteiger partial charge in [-0.3, -0.25) is 4.90 Å². The van der Waals surface area contributed by atoms with Crippen molar-refractivity contribution in [3.8, 4) is 0 Å². The van der Waals surface area contributed by atoms with Crippen molar-refractivity contribution >= 4 is 6.03 Å². The van der Waals surface area contributed by atoms with Gasteiger partial charge in [0.15, 0.2) is 0 Å². The van der Waals surface area contributed by atoms with Crippen LogP contribution < -0.4 is 5.32 Å². The molecule has 1 atom stereocenters. The third kappa shape index (κ3) is 5.44. The molecule has 0 saturated carbocycles. The number of rotatable bonds is 6. The fourth-order valence-electron chi connectivity index (χ4n) is 3.88. The van der Waals surface area contributed by atoms with Gasteiger partial charge in [0.05, 0.1) is 0 Å². The molecule has 2 saturated heterocycles. The minimum absolute atomic E-state index is 0.0611. The smallest absolute Gasteiger partial charge is 0.317 e. The van der Waals surface area contributed by atoms with Crippen LogP contribution in [-0.4, -0.2) is 61.8 Å². The summed E-state index contributed by atoms with van der Waals surface area (Å²) in [5.41, 5.74) is 1.38. The first-order chi connectivity index (χ1) is 12.2. The topological polar surface area (TPSA) is 44.8 Å². The molecule has 1 aromatic carbocycles. The molecule has 1 N–H and O–H groups in total. The fourth-order valence-corrected chi connectivity index (χ4v) is 3.88. The minimum atomic E-state index is 0.0611. The molecule has 0 radical (unpaired) electrons. The molecule has 0 aliphatic carbocycles. The van der Waals surface area contributed by atoms with Crippen molar-refractivity contribution in [2.75, 3.05) is 39.9 Å². The lowest BCUT2D eigenvalue weighted by Gasteiger charge is -2.31. The highest BCUT2D eigenvalue weighted by atomic mass is 16.5. The maximum absolute atomic E-state index is 12.3. The van der Waals surface area contributed by atoms with Gasteiger partial charge in [0.2, 0.25) is 0 Å². The second-order valence-electron chi connectivity index (χ2n) is 7.35. The Hall–Kier alpha value is -1.59. The number of carbonyl (C=O) groups excluding carboxylic acids is 1. The van der Waals surface area contributed by atoms with Crippen molar-refractivity contribution in [1.29, 1.82) is 0 Å². The molecule has 138 valence electrons. The van der Waals surface area contributed by atoms with E-state index in [4.69, 9.17) is 4.74 Å². The van der Waals surface area contributed by atoms with Gasteiger partial charge in [-0.2, -0.15) is 0 Å². The van der Waals surface area contributed by atoms with Gasteiger partial charge in [0, 0.05) is 45.9 Å². The fraction of sp³-hybridized carbons (Fsp3) is 0.650. The lowest BCUT2D eigenvalue weighted by atomic mass is 10.1. The third-order valence-corrected chi connectivity index (χ3v) is 5.51. The van der Waals surface area contributed by atoms with E-state index < -0.39 is 0 Å². The quantitative estimate of drug-likeness (QED) is 0.862. The molecule has 0 bridgehead atoms. The van der Waals surface area contributed by atoms with Gasteiger partial charge >= 0.3 is 6.03 Å². The second kappa shape index (κ2) is 9.20. The first-order valence-electron chi connectivity index (χ1n) is 9.57. The number of hydrogen-bond acceptors (Lipinski definition) is 3. The zero-order valence-corrected chi connectivity index (χ0v) is 15.3. The number of carbonyl (C=O) groups is 1. The number of hydrogen-bond donors (Lipinski definition) is 1. The van der Waals surface area contributed by atoms with Crippen molar-refractivity contribution in [3.05, 3.63) is 35.9 Å². The van der Waals surface area contributed by atoms with Crippen LogP contribution in [0, 0.1) is 5.92 Å². The molecular formula is C20H31N3O2. The molecule has 0 spiro atoms. The van der Waals surface area contributed by atoms with Crippen molar-refractivity contribution in [2.24, 2.45) is 5.92 Å². The number of amides is 2. The maximum atomic E-state index is 12.3. The van der Waals surface area contributed by atoms with Gasteiger partial charge in [0.1, 0.15) is 0 Å². The highest BCUT2D eigenvalue weighted by Gasteiger charge is 2.24. The molecular weight excluding hydrogens is 314 g/mol. The predicted octanol–water partition coefficient (Wildman–Crippen LogP) is 2.72. The van der Waals surface area contributed by atoms with Crippen molar-refractivity contribution in [3.63, 3.8) is 0 Å². The van der Waals surface area contributed by atoms with Crippen LogP contribution in [0.25, 0.3) is 0 Å². The lowest BCUT2D eigenvalue weighted by molar-refractivity contribution is 0.0526. The van der Waals surface area contributed by atoms with Gasteiger partial charge in [-0.15, -0.1) is 0 Å². The minimum Gasteiger partial charge on any atom is -0.381 e. The Morgan fingerprint density at radius 3 is 2.76 bits per heavy atom. The first kappa shape index (κ1) is 18.2. The molecule has 0 aromatic heterocycles. The van der Waals surface area contributed by atoms with Crippen LogP contribution in [-0.2, 0) is 11.3 Å². The summed E-state index contributed by atoms with van der Waals surface area (Å²) in [6, 6.07) is 11.0. The van der Waals surface area contributed by atoms with Gasteiger partial charge in [-0.1, -0.05) is 30.3 Å². The second-order valence-corrected chi connectivity index (χ2v) is 7.35. The Bertz CT molecular complexity index is 531. The zero-order chi connectivity index (χ0) is 17.5. The summed E-state index contributed by atoms with van der Waals surface area (Å²) in [5, 5.41) is 3.10. The van der Waals surface area contributed by atoms with Crippen molar-refractivity contribution < 1.29 is 9.53 Å². The van der Waals surface area contributed by atoms with Crippen LogP contribution in [0.3, 0.4) is 0 Å². The standard InChI is InChI=1S/C20H31N3O2/c1-22(19-9-13-25-14-10-19)20(24)21-11-7-18-8-12-23(16-18)15-17-5-3-2-4-6-17/h2-6,18-19H,7-16H2,1H3,(H,21,24)/t18-/m1/s1. The molecule has 2 fully saturated rings. The Morgan fingerprint density at radius 1 is 1.24 bits per heavy atom. The predicted molar refractivity (Wildman–Crippen MR) is 99.4 cm³/mol. The Kier molecular flexibility index (Phi) is 6.70. The van der Waals surface area contributed by atoms with Crippen LogP contribution in [0.5, 0.6) is 0 Å². The summed E-state index contributed by atoms with van der Waals surface area (Å²) in [4.78, 5) is 16.7. The van der Waals surface area contributed by atoms with E-state index in [2.05, 4.69) is 40.5 Å². The van der Waals surface area contributed by atoms with Gasteiger partial charge < -0.3 is 15.0 Å². The first-order valence-corrected chi connectivity index (χ1v) is 9.57. The van der Waals surface area contributed by atoms with E-state index in [0.717, 1.165) is 58.7 Å². The number of likely N-dealkylation sites (tertiary alicyclic amines) is 1. The summed E-state index contributed by atoms with van der Waals surface area (Å²) < 4.78 is 5.37. The molecule has 1 aromatic rings. The van der Waals surface area contributed by atoms with Crippen LogP contribution >= 0.6 is 0 Å². The highest BCUT2D eigenvalue weighted by molar-refractivity contribution is 5.74. The Morgan fingerprint density at radius 2 is 2.00 bits per heavy atom. The zero-order valence-electron chi connectivity index (χ0n) is 15.3. The van der Waals surface area contributed by atoms with Gasteiger partial charge in [0.25, 0.3) is 0 Å². The van der Waals surface area contributed by atoms with Crippen molar-refractivity contribution in [1.82, 2.24) is 15.1 Å². The Balaban J connectivity index is 1.33. The van der Waals surface area contributed by atoms with E-state index in [1.807, 2.05) is 11.9 Å². The van der Waals surface area contributed by atoms with E-state index >= 15 is 0 Å². The summed E-state index contributed by atoms with van der Waals surface area (Å²) in [7, 11) is 1.91. The van der Waals surface area contributed by atoms with Crippen LogP contribution in [0.1, 0.15) is 31.2 Å². The van der Waals surface area contributed by atoms with E-state index in [0.29, 0.717) is 12.0 Å². The van der Waals surface area contributed by atoms with Crippen LogP contribution in [0.15, 0.2) is 30.3 Å². The van der Waals surface area contributed by atoms with E-state index in [1.165, 1.54) is 12.0 Å². The third-order valence-electron chi connectivity index (χ3n) is 5.51. The molecule has 5 heteroatoms. The number of nitrogens with one attached hydrogen (secondary N) is 1. The maximum Gasteiger partial charge on any atom is 0.317 e. The molecule has 2 aliphatic heterocycles. The van der Waals surface area contributed by atoms with Crippen LogP contribution in [0.2, 0.25) is 0 Å². The highest BCUT2D eigenvalue weighted by Crippen LogP contribution is 2.21. The molecule has 2 amide bonds. The summed E-state index contributed by atoms with van der Waals surface area (Å²) in [5.74, 6) is 0.692. The molecule has 0 unspecified atom stereocenters. The van der Waals surface area contributed by atoms with E-state index in [1.54, 1.807) is 0 Å². The molecule has 2 aliphatic rings. The summed E-state index contributed by atoms with van der Waals surface area (Å²) >= 11 is 0. The average molecular weight is 345 g/mol. The normalized spacial score (nSPS) is 22.0. The van der Waals surface area contributed by atoms with E-state index in [9.17, 15) is 4.79 Å². The largest absolute Gasteiger partial charge is 0.381 e. The number of benzene rings is 1. The monoisotopic (exact) mass is 345 g/mol. The summed E-state index contributed by atoms with van der Waals surface area (Å²) in [6.07, 6.45) is 4.19. The average Bonchev–Trinajstić information content (AvgIpc) is 3.10. The SMILES string of the molecule is CN(C(=O)NCC[C@@H]1CCN(Cc2ccccc2)C1)C1CCOCC1. The van der Waals surface area contributed by atoms with Gasteiger partial charge in [-0.05, 0) is 43.7 Å². The van der Waals surface area contributed by atoms with Crippen LogP contribution in [0.4, 0.5) is 4.79 Å². The van der Waals surface area contributed by atoms with Crippen molar-refractivity contribution in [2.45, 2.75) is 38.3 Å². The molecule has 5 nitrogen and oxygen atoms in total. The number of nitrogens with zero attached hydrogens (tertiary/aromatic N) is 2. The van der Waals surface area contributed by atoms with Gasteiger partial charge in [-0.25, -0.2) is 4.79 Å².